The standard InChI is InChI=1S/C20H29N3O/c1-21-12-5-6-16(21)9-13-23-14-10-20(11-15-23)17-7-3-4-8-18(17)22(2)19(20)24/h3-4,7-8,16H,5-6,9-15H2,1-2H3. The van der Waals surface area contributed by atoms with Crippen LogP contribution in [0.3, 0.4) is 0 Å². The average Bonchev–Trinajstić information content (AvgIpc) is 3.11. The minimum Gasteiger partial charge on any atom is -0.314 e. The van der Waals surface area contributed by atoms with E-state index < -0.39 is 0 Å². The van der Waals surface area contributed by atoms with Crippen LogP contribution in [-0.2, 0) is 10.2 Å². The van der Waals surface area contributed by atoms with E-state index >= 15 is 0 Å². The molecule has 3 aliphatic heterocycles. The normalized spacial score (nSPS) is 27.2. The van der Waals surface area contributed by atoms with Gasteiger partial charge >= 0.3 is 0 Å². The molecule has 3 heterocycles. The molecule has 3 aliphatic rings. The van der Waals surface area contributed by atoms with Crippen LogP contribution in [0.4, 0.5) is 5.69 Å². The first-order valence-corrected chi connectivity index (χ1v) is 9.42. The lowest BCUT2D eigenvalue weighted by Gasteiger charge is -2.39. The highest BCUT2D eigenvalue weighted by atomic mass is 16.2. The number of benzene rings is 1. The van der Waals surface area contributed by atoms with Crippen molar-refractivity contribution in [2.24, 2.45) is 0 Å². The molecule has 0 N–H and O–H groups in total. The van der Waals surface area contributed by atoms with E-state index in [0.29, 0.717) is 5.91 Å². The average molecular weight is 327 g/mol. The fraction of sp³-hybridized carbons (Fsp3) is 0.650. The molecule has 0 radical (unpaired) electrons. The number of carbonyl (C=O) groups is 1. The lowest BCUT2D eigenvalue weighted by molar-refractivity contribution is -0.124. The molecule has 2 saturated heterocycles. The van der Waals surface area contributed by atoms with Gasteiger partial charge in [-0.15, -0.1) is 0 Å². The Kier molecular flexibility index (Phi) is 4.13. The first-order chi connectivity index (χ1) is 11.6. The summed E-state index contributed by atoms with van der Waals surface area (Å²) in [6.07, 6.45) is 5.90. The maximum absolute atomic E-state index is 13.0. The van der Waals surface area contributed by atoms with Crippen molar-refractivity contribution >= 4 is 11.6 Å². The van der Waals surface area contributed by atoms with E-state index in [1.807, 2.05) is 18.0 Å². The largest absolute Gasteiger partial charge is 0.314 e. The number of piperidine rings is 1. The van der Waals surface area contributed by atoms with Crippen LogP contribution in [0.5, 0.6) is 0 Å². The molecule has 24 heavy (non-hydrogen) atoms. The van der Waals surface area contributed by atoms with Crippen molar-refractivity contribution in [3.05, 3.63) is 29.8 Å². The maximum atomic E-state index is 13.0. The summed E-state index contributed by atoms with van der Waals surface area (Å²) < 4.78 is 0. The first kappa shape index (κ1) is 16.1. The van der Waals surface area contributed by atoms with Gasteiger partial charge in [-0.05, 0) is 77.0 Å². The Bertz CT molecular complexity index is 621. The van der Waals surface area contributed by atoms with Crippen molar-refractivity contribution in [2.75, 3.05) is 45.2 Å². The Balaban J connectivity index is 1.41. The SMILES string of the molecule is CN1C(=O)C2(CCN(CCC3CCCN3C)CC2)c2ccccc21. The van der Waals surface area contributed by atoms with Gasteiger partial charge in [0.15, 0.2) is 0 Å². The van der Waals surface area contributed by atoms with Crippen LogP contribution in [0.1, 0.15) is 37.7 Å². The van der Waals surface area contributed by atoms with Crippen LogP contribution in [0, 0.1) is 0 Å². The number of para-hydroxylation sites is 1. The van der Waals surface area contributed by atoms with Gasteiger partial charge in [-0.1, -0.05) is 18.2 Å². The maximum Gasteiger partial charge on any atom is 0.237 e. The third kappa shape index (κ3) is 2.47. The molecule has 0 saturated carbocycles. The molecule has 1 aromatic rings. The molecule has 4 heteroatoms. The quantitative estimate of drug-likeness (QED) is 0.853. The molecule has 2 fully saturated rings. The van der Waals surface area contributed by atoms with E-state index in [-0.39, 0.29) is 5.41 Å². The van der Waals surface area contributed by atoms with E-state index in [1.54, 1.807) is 0 Å². The van der Waals surface area contributed by atoms with Crippen molar-refractivity contribution in [1.29, 1.82) is 0 Å². The molecule has 1 atom stereocenters. The number of rotatable bonds is 3. The van der Waals surface area contributed by atoms with Crippen molar-refractivity contribution in [3.63, 3.8) is 0 Å². The van der Waals surface area contributed by atoms with E-state index in [4.69, 9.17) is 0 Å². The highest BCUT2D eigenvalue weighted by Gasteiger charge is 2.50. The molecule has 1 unspecified atom stereocenters. The van der Waals surface area contributed by atoms with Crippen molar-refractivity contribution in [3.8, 4) is 0 Å². The van der Waals surface area contributed by atoms with Crippen LogP contribution < -0.4 is 4.90 Å². The Morgan fingerprint density at radius 1 is 1.12 bits per heavy atom. The molecule has 4 nitrogen and oxygen atoms in total. The van der Waals surface area contributed by atoms with Gasteiger partial charge in [-0.25, -0.2) is 0 Å². The van der Waals surface area contributed by atoms with Crippen LogP contribution >= 0.6 is 0 Å². The summed E-state index contributed by atoms with van der Waals surface area (Å²) in [7, 11) is 4.19. The van der Waals surface area contributed by atoms with Crippen LogP contribution in [0.2, 0.25) is 0 Å². The minimum atomic E-state index is -0.258. The summed E-state index contributed by atoms with van der Waals surface area (Å²) in [6.45, 7) is 4.52. The van der Waals surface area contributed by atoms with E-state index in [0.717, 1.165) is 37.7 Å². The number of amides is 1. The third-order valence-electron chi connectivity index (χ3n) is 6.65. The second-order valence-electron chi connectivity index (χ2n) is 7.87. The van der Waals surface area contributed by atoms with Crippen LogP contribution in [0.15, 0.2) is 24.3 Å². The number of likely N-dealkylation sites (tertiary alicyclic amines) is 2. The zero-order valence-corrected chi connectivity index (χ0v) is 15.0. The number of likely N-dealkylation sites (N-methyl/N-ethyl adjacent to an activating group) is 1. The van der Waals surface area contributed by atoms with E-state index in [2.05, 4.69) is 35.0 Å². The number of carbonyl (C=O) groups excluding carboxylic acids is 1. The molecule has 1 aromatic carbocycles. The Morgan fingerprint density at radius 3 is 2.58 bits per heavy atom. The summed E-state index contributed by atoms with van der Waals surface area (Å²) in [5, 5.41) is 0. The number of nitrogens with zero attached hydrogens (tertiary/aromatic N) is 3. The highest BCUT2D eigenvalue weighted by molar-refractivity contribution is 6.07. The Hall–Kier alpha value is -1.39. The van der Waals surface area contributed by atoms with Gasteiger partial charge in [0, 0.05) is 18.8 Å². The second-order valence-corrected chi connectivity index (χ2v) is 7.87. The van der Waals surface area contributed by atoms with E-state index in [1.165, 1.54) is 37.9 Å². The van der Waals surface area contributed by atoms with Gasteiger partial charge in [-0.3, -0.25) is 4.79 Å². The number of hydrogen-bond acceptors (Lipinski definition) is 3. The third-order valence-corrected chi connectivity index (χ3v) is 6.65. The molecule has 0 aliphatic carbocycles. The predicted molar refractivity (Wildman–Crippen MR) is 97.5 cm³/mol. The van der Waals surface area contributed by atoms with Gasteiger partial charge in [0.05, 0.1) is 5.41 Å². The minimum absolute atomic E-state index is 0.258. The second kappa shape index (κ2) is 6.16. The topological polar surface area (TPSA) is 26.8 Å². The van der Waals surface area contributed by atoms with E-state index in [9.17, 15) is 4.79 Å². The number of fused-ring (bicyclic) bond motifs is 2. The summed E-state index contributed by atoms with van der Waals surface area (Å²) in [5.74, 6) is 0.305. The molecule has 1 amide bonds. The predicted octanol–water partition coefficient (Wildman–Crippen LogP) is 2.48. The van der Waals surface area contributed by atoms with Crippen LogP contribution in [-0.4, -0.2) is 62.0 Å². The monoisotopic (exact) mass is 327 g/mol. The van der Waals surface area contributed by atoms with Gasteiger partial charge in [0.2, 0.25) is 5.91 Å². The molecule has 0 bridgehead atoms. The Morgan fingerprint density at radius 2 is 1.88 bits per heavy atom. The van der Waals surface area contributed by atoms with Crippen molar-refractivity contribution < 1.29 is 4.79 Å². The van der Waals surface area contributed by atoms with Crippen LogP contribution in [0.25, 0.3) is 0 Å². The summed E-state index contributed by atoms with van der Waals surface area (Å²) >= 11 is 0. The fourth-order valence-corrected chi connectivity index (χ4v) is 5.03. The molecule has 0 aromatic heterocycles. The first-order valence-electron chi connectivity index (χ1n) is 9.42. The molecular weight excluding hydrogens is 298 g/mol. The number of hydrogen-bond donors (Lipinski definition) is 0. The summed E-state index contributed by atoms with van der Waals surface area (Å²) in [5.41, 5.74) is 2.11. The van der Waals surface area contributed by atoms with Gasteiger partial charge in [0.1, 0.15) is 0 Å². The lowest BCUT2D eigenvalue weighted by atomic mass is 9.73. The smallest absolute Gasteiger partial charge is 0.237 e. The molecule has 130 valence electrons. The van der Waals surface area contributed by atoms with Gasteiger partial charge < -0.3 is 14.7 Å². The zero-order chi connectivity index (χ0) is 16.7. The lowest BCUT2D eigenvalue weighted by Crippen LogP contribution is -2.48. The summed E-state index contributed by atoms with van der Waals surface area (Å²) in [6, 6.07) is 9.13. The fourth-order valence-electron chi connectivity index (χ4n) is 5.03. The van der Waals surface area contributed by atoms with Gasteiger partial charge in [0.25, 0.3) is 0 Å². The van der Waals surface area contributed by atoms with Crippen molar-refractivity contribution in [2.45, 2.75) is 43.6 Å². The highest BCUT2D eigenvalue weighted by Crippen LogP contribution is 2.47. The summed E-state index contributed by atoms with van der Waals surface area (Å²) in [4.78, 5) is 19.9. The van der Waals surface area contributed by atoms with Gasteiger partial charge in [-0.2, -0.15) is 0 Å². The zero-order valence-electron chi connectivity index (χ0n) is 15.0. The van der Waals surface area contributed by atoms with Crippen molar-refractivity contribution in [1.82, 2.24) is 9.80 Å². The Labute approximate surface area is 145 Å². The molecule has 4 rings (SSSR count). The molecule has 1 spiro atoms. The number of anilines is 1. The molecular formula is C20H29N3O.